The maximum atomic E-state index is 5.40. The van der Waals surface area contributed by atoms with Crippen molar-refractivity contribution in [3.63, 3.8) is 0 Å². The Labute approximate surface area is 132 Å². The Morgan fingerprint density at radius 1 is 1.27 bits per heavy atom. The molecule has 2 aromatic heterocycles. The van der Waals surface area contributed by atoms with Gasteiger partial charge >= 0.3 is 0 Å². The summed E-state index contributed by atoms with van der Waals surface area (Å²) in [6.07, 6.45) is 1.69. The maximum absolute atomic E-state index is 5.40. The fourth-order valence-corrected chi connectivity index (χ4v) is 3.24. The molecule has 0 spiro atoms. The van der Waals surface area contributed by atoms with Crippen LogP contribution in [-0.2, 0) is 5.75 Å². The standard InChI is InChI=1S/C15H16N4O2S/c1-10-12(11(2)21-18-10)8-22-15-17-16-9-19(15)13-6-4-5-7-14(13)20-3/h4-7,9H,8H2,1-3H3. The lowest BCUT2D eigenvalue weighted by atomic mass is 10.2. The second kappa shape index (κ2) is 6.23. The van der Waals surface area contributed by atoms with Gasteiger partial charge < -0.3 is 9.26 Å². The highest BCUT2D eigenvalue weighted by molar-refractivity contribution is 7.98. The molecule has 0 saturated carbocycles. The molecule has 22 heavy (non-hydrogen) atoms. The summed E-state index contributed by atoms with van der Waals surface area (Å²) in [6, 6.07) is 7.78. The molecule has 3 rings (SSSR count). The van der Waals surface area contributed by atoms with Gasteiger partial charge in [-0.15, -0.1) is 10.2 Å². The lowest BCUT2D eigenvalue weighted by Crippen LogP contribution is -1.99. The minimum Gasteiger partial charge on any atom is -0.495 e. The van der Waals surface area contributed by atoms with Gasteiger partial charge in [0.05, 0.1) is 18.5 Å². The zero-order chi connectivity index (χ0) is 15.5. The van der Waals surface area contributed by atoms with Crippen LogP contribution in [0, 0.1) is 13.8 Å². The monoisotopic (exact) mass is 316 g/mol. The Bertz CT molecular complexity index is 762. The molecular formula is C15H16N4O2S. The van der Waals surface area contributed by atoms with Gasteiger partial charge in [0.25, 0.3) is 0 Å². The van der Waals surface area contributed by atoms with Crippen LogP contribution in [0.1, 0.15) is 17.0 Å². The molecular weight excluding hydrogens is 300 g/mol. The second-order valence-corrected chi connectivity index (χ2v) is 5.69. The van der Waals surface area contributed by atoms with E-state index in [-0.39, 0.29) is 0 Å². The van der Waals surface area contributed by atoms with Crippen molar-refractivity contribution in [2.45, 2.75) is 24.8 Å². The summed E-state index contributed by atoms with van der Waals surface area (Å²) in [5.74, 6) is 2.35. The Kier molecular flexibility index (Phi) is 4.15. The molecule has 0 aliphatic rings. The van der Waals surface area contributed by atoms with Crippen molar-refractivity contribution in [1.82, 2.24) is 19.9 Å². The van der Waals surface area contributed by atoms with Crippen LogP contribution < -0.4 is 4.74 Å². The number of nitrogens with zero attached hydrogens (tertiary/aromatic N) is 4. The number of hydrogen-bond donors (Lipinski definition) is 0. The number of thioether (sulfide) groups is 1. The lowest BCUT2D eigenvalue weighted by Gasteiger charge is -2.10. The van der Waals surface area contributed by atoms with E-state index in [0.717, 1.165) is 39.4 Å². The van der Waals surface area contributed by atoms with Crippen molar-refractivity contribution in [3.05, 3.63) is 47.6 Å². The number of ether oxygens (including phenoxy) is 1. The van der Waals surface area contributed by atoms with E-state index in [0.29, 0.717) is 0 Å². The molecule has 0 atom stereocenters. The first-order valence-corrected chi connectivity index (χ1v) is 7.77. The fraction of sp³-hybridized carbons (Fsp3) is 0.267. The summed E-state index contributed by atoms with van der Waals surface area (Å²) in [7, 11) is 1.65. The zero-order valence-electron chi connectivity index (χ0n) is 12.6. The smallest absolute Gasteiger partial charge is 0.196 e. The van der Waals surface area contributed by atoms with E-state index < -0.39 is 0 Å². The van der Waals surface area contributed by atoms with Crippen molar-refractivity contribution in [3.8, 4) is 11.4 Å². The average molecular weight is 316 g/mol. The Hall–Kier alpha value is -2.28. The molecule has 2 heterocycles. The number of hydrogen-bond acceptors (Lipinski definition) is 6. The Morgan fingerprint density at radius 3 is 2.82 bits per heavy atom. The van der Waals surface area contributed by atoms with Crippen LogP contribution in [0.5, 0.6) is 5.75 Å². The van der Waals surface area contributed by atoms with Crippen molar-refractivity contribution in [2.75, 3.05) is 7.11 Å². The molecule has 1 aromatic carbocycles. The third-order valence-electron chi connectivity index (χ3n) is 3.39. The third-order valence-corrected chi connectivity index (χ3v) is 4.36. The second-order valence-electron chi connectivity index (χ2n) is 4.75. The van der Waals surface area contributed by atoms with Crippen LogP contribution >= 0.6 is 11.8 Å². The molecule has 0 aliphatic heterocycles. The molecule has 0 saturated heterocycles. The van der Waals surface area contributed by atoms with Gasteiger partial charge in [-0.05, 0) is 26.0 Å². The number of para-hydroxylation sites is 2. The van der Waals surface area contributed by atoms with Gasteiger partial charge in [-0.1, -0.05) is 29.1 Å². The van der Waals surface area contributed by atoms with Gasteiger partial charge in [0.1, 0.15) is 17.8 Å². The summed E-state index contributed by atoms with van der Waals surface area (Å²) in [4.78, 5) is 0. The SMILES string of the molecule is COc1ccccc1-n1cnnc1SCc1c(C)noc1C. The van der Waals surface area contributed by atoms with Crippen molar-refractivity contribution >= 4 is 11.8 Å². The number of methoxy groups -OCH3 is 1. The van der Waals surface area contributed by atoms with E-state index in [1.54, 1.807) is 25.2 Å². The van der Waals surface area contributed by atoms with E-state index in [9.17, 15) is 0 Å². The summed E-state index contributed by atoms with van der Waals surface area (Å²) < 4.78 is 12.5. The summed E-state index contributed by atoms with van der Waals surface area (Å²) in [5.41, 5.74) is 2.92. The largest absolute Gasteiger partial charge is 0.495 e. The van der Waals surface area contributed by atoms with Crippen LogP contribution in [0.25, 0.3) is 5.69 Å². The number of benzene rings is 1. The summed E-state index contributed by atoms with van der Waals surface area (Å²) >= 11 is 1.59. The van der Waals surface area contributed by atoms with E-state index in [1.165, 1.54) is 0 Å². The van der Waals surface area contributed by atoms with Crippen molar-refractivity contribution < 1.29 is 9.26 Å². The molecule has 7 heteroatoms. The average Bonchev–Trinajstić information content (AvgIpc) is 3.12. The maximum Gasteiger partial charge on any atom is 0.196 e. The van der Waals surface area contributed by atoms with E-state index in [2.05, 4.69) is 15.4 Å². The first-order valence-electron chi connectivity index (χ1n) is 6.78. The quantitative estimate of drug-likeness (QED) is 0.674. The minimum atomic E-state index is 0.731. The summed E-state index contributed by atoms with van der Waals surface area (Å²) in [5, 5.41) is 13.0. The lowest BCUT2D eigenvalue weighted by molar-refractivity contribution is 0.392. The number of aryl methyl sites for hydroxylation is 2. The third kappa shape index (κ3) is 2.71. The molecule has 3 aromatic rings. The van der Waals surface area contributed by atoms with Gasteiger partial charge in [-0.25, -0.2) is 0 Å². The summed E-state index contributed by atoms with van der Waals surface area (Å²) in [6.45, 7) is 3.86. The molecule has 0 unspecified atom stereocenters. The predicted octanol–water partition coefficient (Wildman–Crippen LogP) is 3.17. The van der Waals surface area contributed by atoms with Crippen LogP contribution in [0.4, 0.5) is 0 Å². The van der Waals surface area contributed by atoms with Gasteiger partial charge in [0.15, 0.2) is 5.16 Å². The first-order chi connectivity index (χ1) is 10.7. The van der Waals surface area contributed by atoms with E-state index in [4.69, 9.17) is 9.26 Å². The molecule has 0 radical (unpaired) electrons. The zero-order valence-corrected chi connectivity index (χ0v) is 13.4. The molecule has 0 bridgehead atoms. The van der Waals surface area contributed by atoms with Crippen LogP contribution in [0.15, 0.2) is 40.3 Å². The normalized spacial score (nSPS) is 10.9. The first kappa shape index (κ1) is 14.6. The van der Waals surface area contributed by atoms with Crippen LogP contribution in [0.2, 0.25) is 0 Å². The molecule has 0 aliphatic carbocycles. The molecule has 0 N–H and O–H groups in total. The van der Waals surface area contributed by atoms with Crippen molar-refractivity contribution in [1.29, 1.82) is 0 Å². The van der Waals surface area contributed by atoms with Crippen LogP contribution in [-0.4, -0.2) is 27.0 Å². The van der Waals surface area contributed by atoms with Gasteiger partial charge in [-0.2, -0.15) is 0 Å². The topological polar surface area (TPSA) is 66.0 Å². The molecule has 0 fully saturated rings. The highest BCUT2D eigenvalue weighted by atomic mass is 32.2. The fourth-order valence-electron chi connectivity index (χ4n) is 2.16. The molecule has 6 nitrogen and oxygen atoms in total. The Balaban J connectivity index is 1.87. The van der Waals surface area contributed by atoms with Crippen LogP contribution in [0.3, 0.4) is 0 Å². The van der Waals surface area contributed by atoms with Gasteiger partial charge in [-0.3, -0.25) is 4.57 Å². The number of aromatic nitrogens is 4. The highest BCUT2D eigenvalue weighted by Gasteiger charge is 2.14. The molecule has 114 valence electrons. The Morgan fingerprint density at radius 2 is 2.09 bits per heavy atom. The van der Waals surface area contributed by atoms with Gasteiger partial charge in [0, 0.05) is 11.3 Å². The predicted molar refractivity (Wildman–Crippen MR) is 83.4 cm³/mol. The van der Waals surface area contributed by atoms with E-state index in [1.807, 2.05) is 42.7 Å². The van der Waals surface area contributed by atoms with Gasteiger partial charge in [0.2, 0.25) is 0 Å². The molecule has 0 amide bonds. The van der Waals surface area contributed by atoms with E-state index >= 15 is 0 Å². The number of rotatable bonds is 5. The van der Waals surface area contributed by atoms with Crippen molar-refractivity contribution in [2.24, 2.45) is 0 Å². The highest BCUT2D eigenvalue weighted by Crippen LogP contribution is 2.29. The minimum absolute atomic E-state index is 0.731.